The van der Waals surface area contributed by atoms with Crippen molar-refractivity contribution in [2.75, 3.05) is 0 Å². The van der Waals surface area contributed by atoms with E-state index >= 15 is 0 Å². The number of hydrogen-bond acceptors (Lipinski definition) is 4. The van der Waals surface area contributed by atoms with Gasteiger partial charge in [-0.05, 0) is 29.1 Å². The van der Waals surface area contributed by atoms with Crippen LogP contribution in [-0.4, -0.2) is 6.29 Å². The molecule has 1 aliphatic heterocycles. The van der Waals surface area contributed by atoms with Crippen molar-refractivity contribution in [3.05, 3.63) is 46.2 Å². The minimum atomic E-state index is -3.59. The Labute approximate surface area is 118 Å². The van der Waals surface area contributed by atoms with Gasteiger partial charge in [0.1, 0.15) is 0 Å². The summed E-state index contributed by atoms with van der Waals surface area (Å²) < 4.78 is 34.5. The fraction of sp³-hybridized carbons (Fsp3) is 0.167. The number of hydrogen-bond donors (Lipinski definition) is 1. The highest BCUT2D eigenvalue weighted by Crippen LogP contribution is 2.42. The van der Waals surface area contributed by atoms with Crippen molar-refractivity contribution in [2.45, 2.75) is 12.3 Å². The maximum Gasteiger partial charge on any atom is 0.586 e. The summed E-state index contributed by atoms with van der Waals surface area (Å²) in [6.07, 6.45) is -3.59. The van der Waals surface area contributed by atoms with Gasteiger partial charge in [0.05, 0.1) is 6.04 Å². The Morgan fingerprint density at radius 3 is 2.58 bits per heavy atom. The molecule has 0 fully saturated rings. The van der Waals surface area contributed by atoms with E-state index in [1.54, 1.807) is 6.07 Å². The zero-order chi connectivity index (χ0) is 12.8. The molecule has 1 aromatic carbocycles. The maximum absolute atomic E-state index is 12.9. The first kappa shape index (κ1) is 14.0. The summed E-state index contributed by atoms with van der Waals surface area (Å²) in [6.45, 7) is 0. The molecule has 0 unspecified atom stereocenters. The quantitative estimate of drug-likeness (QED) is 0.923. The van der Waals surface area contributed by atoms with Crippen molar-refractivity contribution in [1.82, 2.24) is 0 Å². The molecule has 3 nitrogen and oxygen atoms in total. The van der Waals surface area contributed by atoms with Crippen molar-refractivity contribution in [2.24, 2.45) is 5.73 Å². The molecule has 0 radical (unpaired) electrons. The molecular formula is C12H10ClF2NO2S. The second kappa shape index (κ2) is 4.96. The summed E-state index contributed by atoms with van der Waals surface area (Å²) in [4.78, 5) is 0.959. The number of benzene rings is 1. The molecule has 0 aliphatic carbocycles. The Balaban J connectivity index is 0.00000133. The summed E-state index contributed by atoms with van der Waals surface area (Å²) in [7, 11) is 0. The molecule has 1 aliphatic rings. The molecule has 19 heavy (non-hydrogen) atoms. The number of nitrogens with two attached hydrogens (primary N) is 1. The standard InChI is InChI=1S/C12H9F2NO2S.ClH/c13-12(14)16-8-4-3-7(6-9(8)17-12)11(15)10-2-1-5-18-10;/h1-6,11H,15H2;1H/t11-;/m0./s1. The molecule has 7 heteroatoms. The highest BCUT2D eigenvalue weighted by molar-refractivity contribution is 7.10. The molecule has 1 aromatic heterocycles. The Hall–Kier alpha value is -1.37. The predicted molar refractivity (Wildman–Crippen MR) is 70.2 cm³/mol. The van der Waals surface area contributed by atoms with Gasteiger partial charge in [-0.1, -0.05) is 12.1 Å². The summed E-state index contributed by atoms with van der Waals surface area (Å²) in [6, 6.07) is 8.02. The van der Waals surface area contributed by atoms with E-state index in [9.17, 15) is 8.78 Å². The fourth-order valence-electron chi connectivity index (χ4n) is 1.79. The summed E-state index contributed by atoms with van der Waals surface area (Å²) in [5, 5.41) is 1.91. The Morgan fingerprint density at radius 2 is 1.89 bits per heavy atom. The molecule has 2 heterocycles. The average molecular weight is 306 g/mol. The molecule has 102 valence electrons. The fourth-order valence-corrected chi connectivity index (χ4v) is 2.55. The number of rotatable bonds is 2. The van der Waals surface area contributed by atoms with Crippen LogP contribution in [0.4, 0.5) is 8.78 Å². The van der Waals surface area contributed by atoms with Crippen molar-refractivity contribution >= 4 is 23.7 Å². The minimum Gasteiger partial charge on any atom is -0.395 e. The molecule has 0 amide bonds. The third-order valence-electron chi connectivity index (χ3n) is 2.63. The molecule has 0 saturated heterocycles. The van der Waals surface area contributed by atoms with Crippen molar-refractivity contribution < 1.29 is 18.3 Å². The zero-order valence-corrected chi connectivity index (χ0v) is 11.1. The van der Waals surface area contributed by atoms with Gasteiger partial charge in [-0.2, -0.15) is 0 Å². The third kappa shape index (κ3) is 2.65. The van der Waals surface area contributed by atoms with Crippen LogP contribution in [0.2, 0.25) is 0 Å². The van der Waals surface area contributed by atoms with Crippen LogP contribution >= 0.6 is 23.7 Å². The third-order valence-corrected chi connectivity index (χ3v) is 3.59. The first-order valence-electron chi connectivity index (χ1n) is 5.24. The van der Waals surface area contributed by atoms with Gasteiger partial charge in [0, 0.05) is 4.88 Å². The topological polar surface area (TPSA) is 44.5 Å². The van der Waals surface area contributed by atoms with E-state index in [1.165, 1.54) is 23.5 Å². The lowest BCUT2D eigenvalue weighted by Gasteiger charge is -2.10. The van der Waals surface area contributed by atoms with Gasteiger partial charge in [0.2, 0.25) is 0 Å². The molecule has 3 rings (SSSR count). The van der Waals surface area contributed by atoms with Gasteiger partial charge >= 0.3 is 6.29 Å². The maximum atomic E-state index is 12.9. The average Bonchev–Trinajstić information content (AvgIpc) is 2.91. The molecular weight excluding hydrogens is 296 g/mol. The molecule has 0 bridgehead atoms. The van der Waals surface area contributed by atoms with E-state index in [0.717, 1.165) is 4.88 Å². The summed E-state index contributed by atoms with van der Waals surface area (Å²) in [5.41, 5.74) is 6.75. The van der Waals surface area contributed by atoms with Crippen LogP contribution in [0.1, 0.15) is 16.5 Å². The zero-order valence-electron chi connectivity index (χ0n) is 9.51. The van der Waals surface area contributed by atoms with Crippen molar-refractivity contribution in [3.8, 4) is 11.5 Å². The van der Waals surface area contributed by atoms with Gasteiger partial charge in [0.25, 0.3) is 0 Å². The minimum absolute atomic E-state index is 0. The normalized spacial score (nSPS) is 16.8. The van der Waals surface area contributed by atoms with Gasteiger partial charge in [-0.3, -0.25) is 0 Å². The van der Waals surface area contributed by atoms with Crippen LogP contribution in [0.15, 0.2) is 35.7 Å². The van der Waals surface area contributed by atoms with Gasteiger partial charge in [-0.25, -0.2) is 0 Å². The van der Waals surface area contributed by atoms with E-state index in [2.05, 4.69) is 9.47 Å². The second-order valence-electron chi connectivity index (χ2n) is 3.87. The summed E-state index contributed by atoms with van der Waals surface area (Å²) >= 11 is 1.51. The number of halogens is 3. The molecule has 1 atom stereocenters. The lowest BCUT2D eigenvalue weighted by atomic mass is 10.1. The van der Waals surface area contributed by atoms with Gasteiger partial charge < -0.3 is 15.2 Å². The van der Waals surface area contributed by atoms with Crippen LogP contribution < -0.4 is 15.2 Å². The van der Waals surface area contributed by atoms with Crippen LogP contribution in [0.5, 0.6) is 11.5 Å². The SMILES string of the molecule is Cl.N[C@@H](c1ccc2c(c1)OC(F)(F)O2)c1cccs1. The van der Waals surface area contributed by atoms with Crippen molar-refractivity contribution in [1.29, 1.82) is 0 Å². The van der Waals surface area contributed by atoms with Crippen LogP contribution in [0.3, 0.4) is 0 Å². The number of fused-ring (bicyclic) bond motifs is 1. The van der Waals surface area contributed by atoms with E-state index < -0.39 is 6.29 Å². The Bertz CT molecular complexity index is 577. The van der Waals surface area contributed by atoms with Gasteiger partial charge in [0.15, 0.2) is 11.5 Å². The summed E-state index contributed by atoms with van der Waals surface area (Å²) in [5.74, 6) is 0.0478. The van der Waals surface area contributed by atoms with Crippen LogP contribution in [-0.2, 0) is 0 Å². The predicted octanol–water partition coefficient (Wildman–Crippen LogP) is 3.54. The largest absolute Gasteiger partial charge is 0.586 e. The molecule has 0 saturated carbocycles. The molecule has 2 N–H and O–H groups in total. The first-order valence-corrected chi connectivity index (χ1v) is 6.12. The van der Waals surface area contributed by atoms with Crippen LogP contribution in [0, 0.1) is 0 Å². The molecule has 0 spiro atoms. The van der Waals surface area contributed by atoms with E-state index in [4.69, 9.17) is 5.73 Å². The van der Waals surface area contributed by atoms with E-state index in [0.29, 0.717) is 5.56 Å². The second-order valence-corrected chi connectivity index (χ2v) is 4.85. The number of thiophene rings is 1. The van der Waals surface area contributed by atoms with E-state index in [-0.39, 0.29) is 29.9 Å². The number of alkyl halides is 2. The van der Waals surface area contributed by atoms with E-state index in [1.807, 2.05) is 17.5 Å². The highest BCUT2D eigenvalue weighted by atomic mass is 35.5. The molecule has 2 aromatic rings. The monoisotopic (exact) mass is 305 g/mol. The smallest absolute Gasteiger partial charge is 0.395 e. The van der Waals surface area contributed by atoms with Crippen molar-refractivity contribution in [3.63, 3.8) is 0 Å². The first-order chi connectivity index (χ1) is 8.55. The highest BCUT2D eigenvalue weighted by Gasteiger charge is 2.43. The lowest BCUT2D eigenvalue weighted by molar-refractivity contribution is -0.286. The lowest BCUT2D eigenvalue weighted by Crippen LogP contribution is -2.25. The Morgan fingerprint density at radius 1 is 1.16 bits per heavy atom. The van der Waals surface area contributed by atoms with Crippen LogP contribution in [0.25, 0.3) is 0 Å². The van der Waals surface area contributed by atoms with Gasteiger partial charge in [-0.15, -0.1) is 32.5 Å². The number of ether oxygens (including phenoxy) is 2. The Kier molecular flexibility index (Phi) is 3.66.